The molecule has 1 aliphatic rings. The molecular formula is C14H23NO3. The molecule has 1 fully saturated rings. The summed E-state index contributed by atoms with van der Waals surface area (Å²) >= 11 is 0. The van der Waals surface area contributed by atoms with Gasteiger partial charge >= 0.3 is 6.09 Å². The molecule has 4 nitrogen and oxygen atoms in total. The number of nitrogens with one attached hydrogen (secondary N) is 1. The number of hydrogen-bond donors (Lipinski definition) is 1. The number of rotatable bonds is 4. The summed E-state index contributed by atoms with van der Waals surface area (Å²) in [6, 6.07) is 0. The van der Waals surface area contributed by atoms with Crippen molar-refractivity contribution >= 4 is 11.9 Å². The van der Waals surface area contributed by atoms with Crippen LogP contribution in [-0.2, 0) is 9.53 Å². The van der Waals surface area contributed by atoms with Gasteiger partial charge in [-0.25, -0.2) is 4.79 Å². The van der Waals surface area contributed by atoms with E-state index in [-0.39, 0.29) is 17.6 Å². The Hall–Kier alpha value is -1.32. The predicted octanol–water partition coefficient (Wildman–Crippen LogP) is 2.68. The van der Waals surface area contributed by atoms with E-state index in [2.05, 4.69) is 5.32 Å². The molecule has 1 saturated carbocycles. The van der Waals surface area contributed by atoms with Crippen LogP contribution in [0.5, 0.6) is 0 Å². The molecule has 1 aliphatic carbocycles. The molecule has 0 aliphatic heterocycles. The highest BCUT2D eigenvalue weighted by Crippen LogP contribution is 2.39. The van der Waals surface area contributed by atoms with Crippen LogP contribution in [0.25, 0.3) is 0 Å². The van der Waals surface area contributed by atoms with Crippen LogP contribution in [0.1, 0.15) is 41.0 Å². The van der Waals surface area contributed by atoms with Gasteiger partial charge in [0.2, 0.25) is 0 Å². The Bertz CT molecular complexity index is 362. The summed E-state index contributed by atoms with van der Waals surface area (Å²) in [6.45, 7) is 9.81. The molecule has 1 rings (SSSR count). The Morgan fingerprint density at radius 3 is 2.44 bits per heavy atom. The molecule has 0 radical (unpaired) electrons. The Morgan fingerprint density at radius 2 is 1.94 bits per heavy atom. The smallest absolute Gasteiger partial charge is 0.407 e. The Labute approximate surface area is 109 Å². The third kappa shape index (κ3) is 5.34. The van der Waals surface area contributed by atoms with Gasteiger partial charge in [-0.05, 0) is 53.0 Å². The van der Waals surface area contributed by atoms with Gasteiger partial charge in [0, 0.05) is 12.5 Å². The normalized spacial score (nSPS) is 22.1. The number of hydrogen-bond acceptors (Lipinski definition) is 3. The van der Waals surface area contributed by atoms with Gasteiger partial charge in [0.1, 0.15) is 5.60 Å². The summed E-state index contributed by atoms with van der Waals surface area (Å²) in [7, 11) is 0. The first-order chi connectivity index (χ1) is 8.19. The fourth-order valence-electron chi connectivity index (χ4n) is 1.74. The fourth-order valence-corrected chi connectivity index (χ4v) is 1.74. The maximum absolute atomic E-state index is 11.7. The van der Waals surface area contributed by atoms with Crippen molar-refractivity contribution in [3.63, 3.8) is 0 Å². The maximum atomic E-state index is 11.7. The molecule has 102 valence electrons. The Balaban J connectivity index is 2.26. The van der Waals surface area contributed by atoms with Crippen LogP contribution in [0.2, 0.25) is 0 Å². The van der Waals surface area contributed by atoms with Crippen molar-refractivity contribution in [3.05, 3.63) is 11.6 Å². The van der Waals surface area contributed by atoms with Crippen molar-refractivity contribution in [1.82, 2.24) is 5.32 Å². The SMILES string of the molecule is CC(C)=CC(=O)[C@H]1C[C@H]1CNC(=O)OC(C)(C)C. The van der Waals surface area contributed by atoms with Crippen LogP contribution in [0.15, 0.2) is 11.6 Å². The molecule has 1 N–H and O–H groups in total. The topological polar surface area (TPSA) is 55.4 Å². The monoisotopic (exact) mass is 253 g/mol. The Morgan fingerprint density at radius 1 is 1.33 bits per heavy atom. The molecule has 0 spiro atoms. The quantitative estimate of drug-likeness (QED) is 0.784. The van der Waals surface area contributed by atoms with Gasteiger partial charge < -0.3 is 10.1 Å². The average molecular weight is 253 g/mol. The number of carbonyl (C=O) groups is 2. The first kappa shape index (κ1) is 14.7. The molecule has 0 aromatic rings. The molecule has 0 heterocycles. The zero-order chi connectivity index (χ0) is 13.9. The van der Waals surface area contributed by atoms with E-state index < -0.39 is 11.7 Å². The lowest BCUT2D eigenvalue weighted by Gasteiger charge is -2.19. The summed E-state index contributed by atoms with van der Waals surface area (Å²) in [5.41, 5.74) is 0.538. The summed E-state index contributed by atoms with van der Waals surface area (Å²) < 4.78 is 5.13. The van der Waals surface area contributed by atoms with Crippen molar-refractivity contribution in [2.45, 2.75) is 46.6 Å². The highest BCUT2D eigenvalue weighted by molar-refractivity contribution is 5.94. The van der Waals surface area contributed by atoms with Crippen molar-refractivity contribution in [1.29, 1.82) is 0 Å². The Kier molecular flexibility index (Phi) is 4.54. The van der Waals surface area contributed by atoms with Gasteiger partial charge in [0.05, 0.1) is 0 Å². The lowest BCUT2D eigenvalue weighted by Crippen LogP contribution is -2.33. The molecule has 0 aromatic carbocycles. The first-order valence-corrected chi connectivity index (χ1v) is 6.34. The van der Waals surface area contributed by atoms with Gasteiger partial charge in [0.15, 0.2) is 5.78 Å². The molecule has 18 heavy (non-hydrogen) atoms. The van der Waals surface area contributed by atoms with Crippen LogP contribution in [-0.4, -0.2) is 24.0 Å². The molecule has 0 aromatic heterocycles. The summed E-state index contributed by atoms with van der Waals surface area (Å²) in [5, 5.41) is 2.71. The van der Waals surface area contributed by atoms with E-state index in [9.17, 15) is 9.59 Å². The van der Waals surface area contributed by atoms with Crippen LogP contribution in [0, 0.1) is 11.8 Å². The van der Waals surface area contributed by atoms with Gasteiger partial charge in [-0.2, -0.15) is 0 Å². The maximum Gasteiger partial charge on any atom is 0.407 e. The zero-order valence-corrected chi connectivity index (χ0v) is 11.9. The molecule has 0 saturated heterocycles. The number of ether oxygens (including phenoxy) is 1. The first-order valence-electron chi connectivity index (χ1n) is 6.34. The van der Waals surface area contributed by atoms with E-state index in [1.165, 1.54) is 0 Å². The van der Waals surface area contributed by atoms with Crippen LogP contribution >= 0.6 is 0 Å². The van der Waals surface area contributed by atoms with Crippen molar-refractivity contribution in [2.75, 3.05) is 6.54 Å². The van der Waals surface area contributed by atoms with Crippen molar-refractivity contribution < 1.29 is 14.3 Å². The highest BCUT2D eigenvalue weighted by atomic mass is 16.6. The highest BCUT2D eigenvalue weighted by Gasteiger charge is 2.41. The van der Waals surface area contributed by atoms with Gasteiger partial charge in [-0.3, -0.25) is 4.79 Å². The number of amides is 1. The third-order valence-electron chi connectivity index (χ3n) is 2.63. The molecule has 0 bridgehead atoms. The fraction of sp³-hybridized carbons (Fsp3) is 0.714. The second kappa shape index (κ2) is 5.55. The number of ketones is 1. The summed E-state index contributed by atoms with van der Waals surface area (Å²) in [5.74, 6) is 0.515. The second-order valence-electron chi connectivity index (χ2n) is 6.11. The number of alkyl carbamates (subject to hydrolysis) is 1. The van der Waals surface area contributed by atoms with Gasteiger partial charge in [0.25, 0.3) is 0 Å². The standard InChI is InChI=1S/C14H23NO3/c1-9(2)6-12(16)11-7-10(11)8-15-13(17)18-14(3,4)5/h6,10-11H,7-8H2,1-5H3,(H,15,17)/t10-,11-/m0/s1. The van der Waals surface area contributed by atoms with Crippen molar-refractivity contribution in [3.8, 4) is 0 Å². The minimum atomic E-state index is -0.481. The summed E-state index contributed by atoms with van der Waals surface area (Å²) in [6.07, 6.45) is 2.12. The minimum Gasteiger partial charge on any atom is -0.444 e. The molecule has 4 heteroatoms. The number of allylic oxidation sites excluding steroid dienone is 2. The van der Waals surface area contributed by atoms with E-state index >= 15 is 0 Å². The average Bonchev–Trinajstić information content (AvgIpc) is 2.89. The molecular weight excluding hydrogens is 230 g/mol. The van der Waals surface area contributed by atoms with E-state index in [4.69, 9.17) is 4.74 Å². The van der Waals surface area contributed by atoms with E-state index in [0.29, 0.717) is 6.54 Å². The lowest BCUT2D eigenvalue weighted by atomic mass is 10.1. The molecule has 0 unspecified atom stereocenters. The predicted molar refractivity (Wildman–Crippen MR) is 70.3 cm³/mol. The van der Waals surface area contributed by atoms with Crippen LogP contribution in [0.3, 0.4) is 0 Å². The van der Waals surface area contributed by atoms with E-state index in [1.807, 2.05) is 34.6 Å². The zero-order valence-electron chi connectivity index (χ0n) is 11.9. The summed E-state index contributed by atoms with van der Waals surface area (Å²) in [4.78, 5) is 23.1. The second-order valence-corrected chi connectivity index (χ2v) is 6.11. The van der Waals surface area contributed by atoms with Gasteiger partial charge in [-0.15, -0.1) is 0 Å². The largest absolute Gasteiger partial charge is 0.444 e. The molecule has 2 atom stereocenters. The minimum absolute atomic E-state index is 0.0786. The lowest BCUT2D eigenvalue weighted by molar-refractivity contribution is -0.116. The van der Waals surface area contributed by atoms with Crippen LogP contribution in [0.4, 0.5) is 4.79 Å². The molecule has 1 amide bonds. The third-order valence-corrected chi connectivity index (χ3v) is 2.63. The van der Waals surface area contributed by atoms with Crippen molar-refractivity contribution in [2.24, 2.45) is 11.8 Å². The van der Waals surface area contributed by atoms with Gasteiger partial charge in [-0.1, -0.05) is 5.57 Å². The number of carbonyl (C=O) groups excluding carboxylic acids is 2. The van der Waals surface area contributed by atoms with E-state index in [1.54, 1.807) is 6.08 Å². The van der Waals surface area contributed by atoms with E-state index in [0.717, 1.165) is 12.0 Å². The van der Waals surface area contributed by atoms with Crippen LogP contribution < -0.4 is 5.32 Å².